The van der Waals surface area contributed by atoms with Gasteiger partial charge in [-0.2, -0.15) is 0 Å². The molecule has 1 aliphatic rings. The Balaban J connectivity index is 2.05. The minimum Gasteiger partial charge on any atom is -0.492 e. The normalized spacial score (nSPS) is 16.6. The number of halogens is 1. The van der Waals surface area contributed by atoms with Crippen LogP contribution < -0.4 is 4.74 Å². The highest BCUT2D eigenvalue weighted by Gasteiger charge is 2.39. The van der Waals surface area contributed by atoms with Gasteiger partial charge in [-0.25, -0.2) is 0 Å². The number of Topliss-reactive ketones (excluding diaryl/α,β-unsaturated/α-hetero) is 1. The zero-order valence-corrected chi connectivity index (χ0v) is 13.7. The highest BCUT2D eigenvalue weighted by Crippen LogP contribution is 2.39. The maximum Gasteiger partial charge on any atom is 0.165 e. The number of hydrogen-bond donors (Lipinski definition) is 0. The fourth-order valence-corrected chi connectivity index (χ4v) is 2.92. The number of carbonyl (C=O) groups is 1. The summed E-state index contributed by atoms with van der Waals surface area (Å²) in [6, 6.07) is 5.53. The molecular formula is C16H21BrO3. The summed E-state index contributed by atoms with van der Waals surface area (Å²) in [5.41, 5.74) is 0.491. The Morgan fingerprint density at radius 1 is 1.40 bits per heavy atom. The summed E-state index contributed by atoms with van der Waals surface area (Å²) in [6.45, 7) is 2.74. The molecular weight excluding hydrogens is 320 g/mol. The van der Waals surface area contributed by atoms with Crippen molar-refractivity contribution in [1.82, 2.24) is 0 Å². The topological polar surface area (TPSA) is 35.5 Å². The first-order valence-corrected chi connectivity index (χ1v) is 7.90. The summed E-state index contributed by atoms with van der Waals surface area (Å²) in [5, 5.41) is 0. The van der Waals surface area contributed by atoms with E-state index in [0.717, 1.165) is 35.9 Å². The van der Waals surface area contributed by atoms with Crippen molar-refractivity contribution >= 4 is 21.7 Å². The average molecular weight is 341 g/mol. The largest absolute Gasteiger partial charge is 0.492 e. The van der Waals surface area contributed by atoms with E-state index < -0.39 is 0 Å². The van der Waals surface area contributed by atoms with Crippen molar-refractivity contribution in [2.75, 3.05) is 13.7 Å². The van der Waals surface area contributed by atoms with Gasteiger partial charge >= 0.3 is 0 Å². The van der Waals surface area contributed by atoms with Crippen molar-refractivity contribution in [3.63, 3.8) is 0 Å². The minimum absolute atomic E-state index is 0.134. The number of carbonyl (C=O) groups excluding carboxylic acids is 1. The Bertz CT molecular complexity index is 475. The zero-order chi connectivity index (χ0) is 14.6. The molecule has 2 rings (SSSR count). The van der Waals surface area contributed by atoms with Crippen LogP contribution in [0.1, 0.15) is 49.4 Å². The van der Waals surface area contributed by atoms with Gasteiger partial charge in [0.25, 0.3) is 0 Å². The van der Waals surface area contributed by atoms with Crippen LogP contribution in [0.15, 0.2) is 22.7 Å². The van der Waals surface area contributed by atoms with E-state index in [1.165, 1.54) is 0 Å². The second-order valence-electron chi connectivity index (χ2n) is 5.33. The summed E-state index contributed by atoms with van der Waals surface area (Å²) >= 11 is 3.46. The van der Waals surface area contributed by atoms with E-state index >= 15 is 0 Å². The molecule has 3 nitrogen and oxygen atoms in total. The monoisotopic (exact) mass is 340 g/mol. The highest BCUT2D eigenvalue weighted by atomic mass is 79.9. The van der Waals surface area contributed by atoms with Gasteiger partial charge in [0.15, 0.2) is 5.78 Å². The lowest BCUT2D eigenvalue weighted by Crippen LogP contribution is -2.41. The van der Waals surface area contributed by atoms with Gasteiger partial charge in [-0.15, -0.1) is 0 Å². The molecule has 20 heavy (non-hydrogen) atoms. The van der Waals surface area contributed by atoms with E-state index in [4.69, 9.17) is 9.47 Å². The smallest absolute Gasteiger partial charge is 0.165 e. The summed E-state index contributed by atoms with van der Waals surface area (Å²) in [4.78, 5) is 12.3. The Morgan fingerprint density at radius 3 is 2.65 bits per heavy atom. The molecule has 0 unspecified atom stereocenters. The number of benzene rings is 1. The number of ether oxygens (including phenoxy) is 2. The molecule has 1 saturated carbocycles. The molecule has 0 saturated heterocycles. The van der Waals surface area contributed by atoms with Crippen molar-refractivity contribution in [2.24, 2.45) is 0 Å². The fourth-order valence-electron chi connectivity index (χ4n) is 2.42. The first-order chi connectivity index (χ1) is 9.60. The molecule has 1 aliphatic carbocycles. The van der Waals surface area contributed by atoms with Crippen molar-refractivity contribution < 1.29 is 14.3 Å². The van der Waals surface area contributed by atoms with E-state index in [2.05, 4.69) is 22.9 Å². The molecule has 110 valence electrons. The predicted octanol–water partition coefficient (Wildman–Crippen LogP) is 4.38. The number of methoxy groups -OCH3 is 1. The van der Waals surface area contributed by atoms with Crippen LogP contribution in [0.5, 0.6) is 5.75 Å². The van der Waals surface area contributed by atoms with Crippen molar-refractivity contribution in [3.8, 4) is 5.75 Å². The lowest BCUT2D eigenvalue weighted by molar-refractivity contribution is -0.0704. The Kier molecular flexibility index (Phi) is 5.22. The molecule has 1 fully saturated rings. The van der Waals surface area contributed by atoms with Crippen LogP contribution in [0.4, 0.5) is 0 Å². The van der Waals surface area contributed by atoms with E-state index in [1.54, 1.807) is 7.11 Å². The fraction of sp³-hybridized carbons (Fsp3) is 0.562. The Morgan fingerprint density at radius 2 is 2.15 bits per heavy atom. The molecule has 1 aromatic rings. The van der Waals surface area contributed by atoms with Gasteiger partial charge in [-0.05, 0) is 59.8 Å². The second-order valence-corrected chi connectivity index (χ2v) is 6.19. The summed E-state index contributed by atoms with van der Waals surface area (Å²) in [6.07, 6.45) is 4.53. The summed E-state index contributed by atoms with van der Waals surface area (Å²) < 4.78 is 11.9. The zero-order valence-electron chi connectivity index (χ0n) is 12.1. The van der Waals surface area contributed by atoms with Crippen LogP contribution in [0.25, 0.3) is 0 Å². The standard InChI is InChI=1S/C16H21BrO3/c1-3-9-20-15-6-5-12(10-13(15)17)14(18)11-16(19-2)7-4-8-16/h5-6,10H,3-4,7-9,11H2,1-2H3. The molecule has 0 amide bonds. The summed E-state index contributed by atoms with van der Waals surface area (Å²) in [7, 11) is 1.70. The quantitative estimate of drug-likeness (QED) is 0.691. The van der Waals surface area contributed by atoms with Crippen molar-refractivity contribution in [1.29, 1.82) is 0 Å². The van der Waals surface area contributed by atoms with Crippen LogP contribution >= 0.6 is 15.9 Å². The lowest BCUT2D eigenvalue weighted by atomic mass is 9.76. The molecule has 1 aromatic carbocycles. The van der Waals surface area contributed by atoms with Gasteiger partial charge in [-0.1, -0.05) is 6.92 Å². The molecule has 0 N–H and O–H groups in total. The number of hydrogen-bond acceptors (Lipinski definition) is 3. The molecule has 0 atom stereocenters. The average Bonchev–Trinajstić information content (AvgIpc) is 2.41. The molecule has 0 aromatic heterocycles. The van der Waals surface area contributed by atoms with Crippen LogP contribution in [-0.4, -0.2) is 25.1 Å². The van der Waals surface area contributed by atoms with E-state index in [-0.39, 0.29) is 11.4 Å². The first-order valence-electron chi connectivity index (χ1n) is 7.11. The maximum absolute atomic E-state index is 12.3. The second kappa shape index (κ2) is 6.72. The highest BCUT2D eigenvalue weighted by molar-refractivity contribution is 9.10. The van der Waals surface area contributed by atoms with Crippen LogP contribution in [0.2, 0.25) is 0 Å². The van der Waals surface area contributed by atoms with Crippen molar-refractivity contribution in [2.45, 2.75) is 44.6 Å². The predicted molar refractivity (Wildman–Crippen MR) is 82.5 cm³/mol. The van der Waals surface area contributed by atoms with E-state index in [9.17, 15) is 4.79 Å². The molecule has 0 heterocycles. The third kappa shape index (κ3) is 3.41. The van der Waals surface area contributed by atoms with Crippen LogP contribution in [0, 0.1) is 0 Å². The van der Waals surface area contributed by atoms with E-state index in [0.29, 0.717) is 18.6 Å². The van der Waals surface area contributed by atoms with Gasteiger partial charge in [0.1, 0.15) is 5.75 Å². The number of rotatable bonds is 7. The third-order valence-corrected chi connectivity index (χ3v) is 4.52. The SMILES string of the molecule is CCCOc1ccc(C(=O)CC2(OC)CCC2)cc1Br. The lowest BCUT2D eigenvalue weighted by Gasteiger charge is -2.40. The van der Waals surface area contributed by atoms with Crippen molar-refractivity contribution in [3.05, 3.63) is 28.2 Å². The van der Waals surface area contributed by atoms with Gasteiger partial charge in [0, 0.05) is 19.1 Å². The number of ketones is 1. The van der Waals surface area contributed by atoms with Crippen LogP contribution in [-0.2, 0) is 4.74 Å². The Hall–Kier alpha value is -0.870. The van der Waals surface area contributed by atoms with Gasteiger partial charge in [0.2, 0.25) is 0 Å². The minimum atomic E-state index is -0.221. The summed E-state index contributed by atoms with van der Waals surface area (Å²) in [5.74, 6) is 0.919. The Labute approximate surface area is 128 Å². The molecule has 0 radical (unpaired) electrons. The molecule has 0 bridgehead atoms. The molecule has 0 spiro atoms. The van der Waals surface area contributed by atoms with E-state index in [1.807, 2.05) is 18.2 Å². The van der Waals surface area contributed by atoms with Gasteiger partial charge in [-0.3, -0.25) is 4.79 Å². The first kappa shape index (κ1) is 15.5. The third-order valence-electron chi connectivity index (χ3n) is 3.90. The maximum atomic E-state index is 12.3. The molecule has 4 heteroatoms. The molecule has 0 aliphatic heterocycles. The van der Waals surface area contributed by atoms with Crippen LogP contribution in [0.3, 0.4) is 0 Å². The van der Waals surface area contributed by atoms with Gasteiger partial charge in [0.05, 0.1) is 16.7 Å². The van der Waals surface area contributed by atoms with Gasteiger partial charge < -0.3 is 9.47 Å².